The van der Waals surface area contributed by atoms with E-state index in [4.69, 9.17) is 17.0 Å². The van der Waals surface area contributed by atoms with E-state index in [1.165, 1.54) is 23.9 Å². The van der Waals surface area contributed by atoms with Crippen LogP contribution >= 0.6 is 39.9 Å². The lowest BCUT2D eigenvalue weighted by molar-refractivity contribution is -0.121. The van der Waals surface area contributed by atoms with Crippen molar-refractivity contribution >= 4 is 56.2 Å². The van der Waals surface area contributed by atoms with Gasteiger partial charge in [0.25, 0.3) is 5.91 Å². The van der Waals surface area contributed by atoms with Gasteiger partial charge in [0.05, 0.1) is 9.38 Å². The Morgan fingerprint density at radius 2 is 2.00 bits per heavy atom. The van der Waals surface area contributed by atoms with Gasteiger partial charge >= 0.3 is 0 Å². The maximum Gasteiger partial charge on any atom is 0.266 e. The number of nitrogens with zero attached hydrogens (tertiary/aromatic N) is 1. The Balaban J connectivity index is 1.71. The molecule has 0 radical (unpaired) electrons. The molecule has 1 aliphatic rings. The van der Waals surface area contributed by atoms with E-state index < -0.39 is 0 Å². The second-order valence-corrected chi connectivity index (χ2v) is 8.06. The van der Waals surface area contributed by atoms with Crippen LogP contribution in [0.4, 0.5) is 4.39 Å². The summed E-state index contributed by atoms with van der Waals surface area (Å²) in [6.45, 7) is 2.81. The third kappa shape index (κ3) is 4.34. The highest BCUT2D eigenvalue weighted by atomic mass is 79.9. The van der Waals surface area contributed by atoms with Crippen molar-refractivity contribution < 1.29 is 13.9 Å². The fourth-order valence-electron chi connectivity index (χ4n) is 2.39. The topological polar surface area (TPSA) is 29.5 Å². The number of carbonyl (C=O) groups is 1. The van der Waals surface area contributed by atoms with Gasteiger partial charge in [-0.15, -0.1) is 0 Å². The molecule has 7 heteroatoms. The normalized spacial score (nSPS) is 15.8. The van der Waals surface area contributed by atoms with Crippen molar-refractivity contribution in [2.45, 2.75) is 13.5 Å². The van der Waals surface area contributed by atoms with Crippen LogP contribution in [-0.4, -0.2) is 21.7 Å². The molecule has 1 fully saturated rings. The number of thiocarbonyl (C=S) groups is 1. The highest BCUT2D eigenvalue weighted by molar-refractivity contribution is 9.10. The lowest BCUT2D eigenvalue weighted by atomic mass is 10.2. The van der Waals surface area contributed by atoms with Crippen LogP contribution in [-0.2, 0) is 11.4 Å². The Labute approximate surface area is 169 Å². The molecule has 2 aromatic carbocycles. The number of ether oxygens (including phenoxy) is 1. The number of amides is 1. The van der Waals surface area contributed by atoms with Gasteiger partial charge in [0.2, 0.25) is 0 Å². The van der Waals surface area contributed by atoms with Crippen LogP contribution in [0.1, 0.15) is 18.1 Å². The molecular weight excluding hydrogens is 437 g/mol. The summed E-state index contributed by atoms with van der Waals surface area (Å²) in [5.74, 6) is 0.343. The van der Waals surface area contributed by atoms with Crippen molar-refractivity contribution in [1.82, 2.24) is 4.90 Å². The summed E-state index contributed by atoms with van der Waals surface area (Å²) >= 11 is 10.0. The van der Waals surface area contributed by atoms with Crippen LogP contribution in [0, 0.1) is 5.82 Å². The Hall–Kier alpha value is -1.70. The number of hydrogen-bond acceptors (Lipinski definition) is 4. The molecule has 0 bridgehead atoms. The molecule has 1 saturated heterocycles. The molecule has 3 nitrogen and oxygen atoms in total. The number of carbonyl (C=O) groups excluding carboxylic acids is 1. The van der Waals surface area contributed by atoms with Crippen LogP contribution in [0.2, 0.25) is 0 Å². The van der Waals surface area contributed by atoms with Crippen LogP contribution < -0.4 is 4.74 Å². The molecule has 1 amide bonds. The quantitative estimate of drug-likeness (QED) is 0.450. The number of hydrogen-bond donors (Lipinski definition) is 0. The van der Waals surface area contributed by atoms with Gasteiger partial charge in [0.15, 0.2) is 0 Å². The Morgan fingerprint density at radius 1 is 1.27 bits per heavy atom. The van der Waals surface area contributed by atoms with E-state index in [1.807, 2.05) is 31.2 Å². The van der Waals surface area contributed by atoms with Crippen molar-refractivity contribution in [3.05, 3.63) is 68.8 Å². The largest absolute Gasteiger partial charge is 0.488 e. The van der Waals surface area contributed by atoms with Gasteiger partial charge in [-0.3, -0.25) is 9.69 Å². The SMILES string of the molecule is CCN1C(=O)/C(=C\c2ccc(OCc3ccc(F)cc3)c(Br)c2)SC1=S. The predicted molar refractivity (Wildman–Crippen MR) is 110 cm³/mol. The van der Waals surface area contributed by atoms with E-state index in [9.17, 15) is 9.18 Å². The minimum absolute atomic E-state index is 0.0599. The molecule has 3 rings (SSSR count). The molecule has 26 heavy (non-hydrogen) atoms. The zero-order valence-electron chi connectivity index (χ0n) is 13.9. The van der Waals surface area contributed by atoms with Crippen molar-refractivity contribution in [2.24, 2.45) is 0 Å². The van der Waals surface area contributed by atoms with Crippen molar-refractivity contribution in [3.63, 3.8) is 0 Å². The predicted octanol–water partition coefficient (Wildman–Crippen LogP) is 5.39. The molecule has 2 aromatic rings. The zero-order chi connectivity index (χ0) is 18.7. The molecule has 1 heterocycles. The molecule has 1 aliphatic heterocycles. The van der Waals surface area contributed by atoms with E-state index in [0.29, 0.717) is 28.1 Å². The molecule has 134 valence electrons. The van der Waals surface area contributed by atoms with Gasteiger partial charge in [0, 0.05) is 6.54 Å². The Morgan fingerprint density at radius 3 is 2.62 bits per heavy atom. The first-order chi connectivity index (χ1) is 12.5. The minimum atomic E-state index is -0.271. The van der Waals surface area contributed by atoms with Gasteiger partial charge in [-0.2, -0.15) is 0 Å². The summed E-state index contributed by atoms with van der Waals surface area (Å²) in [7, 11) is 0. The lowest BCUT2D eigenvalue weighted by Crippen LogP contribution is -2.27. The standard InChI is InChI=1S/C19H15BrFNO2S2/c1-2-22-18(23)17(26-19(22)25)10-13-5-8-16(15(20)9-13)24-11-12-3-6-14(21)7-4-12/h3-10H,2,11H2,1H3/b17-10+. The molecule has 0 unspecified atom stereocenters. The zero-order valence-corrected chi connectivity index (χ0v) is 17.1. The third-order valence-corrected chi connectivity index (χ3v) is 5.75. The van der Waals surface area contributed by atoms with Crippen molar-refractivity contribution in [2.75, 3.05) is 6.54 Å². The average Bonchev–Trinajstić information content (AvgIpc) is 2.88. The number of likely N-dealkylation sites (N-methyl/N-ethyl adjacent to an activating group) is 1. The first-order valence-corrected chi connectivity index (χ1v) is 9.92. The fourth-order valence-corrected chi connectivity index (χ4v) is 4.28. The third-order valence-electron chi connectivity index (χ3n) is 3.75. The minimum Gasteiger partial charge on any atom is -0.488 e. The van der Waals surface area contributed by atoms with E-state index in [-0.39, 0.29) is 11.7 Å². The first kappa shape index (κ1) is 19.1. The monoisotopic (exact) mass is 451 g/mol. The highest BCUT2D eigenvalue weighted by Crippen LogP contribution is 2.34. The molecule has 0 aromatic heterocycles. The van der Waals surface area contributed by atoms with Gasteiger partial charge in [0.1, 0.15) is 22.5 Å². The van der Waals surface area contributed by atoms with Gasteiger partial charge in [-0.05, 0) is 64.3 Å². The summed E-state index contributed by atoms with van der Waals surface area (Å²) in [5.41, 5.74) is 1.76. The van der Waals surface area contributed by atoms with Crippen LogP contribution in [0.15, 0.2) is 51.8 Å². The van der Waals surface area contributed by atoms with Crippen LogP contribution in [0.3, 0.4) is 0 Å². The molecule has 0 saturated carbocycles. The van der Waals surface area contributed by atoms with Gasteiger partial charge in [-0.1, -0.05) is 42.2 Å². The second kappa shape index (κ2) is 8.33. The van der Waals surface area contributed by atoms with E-state index in [0.717, 1.165) is 15.6 Å². The van der Waals surface area contributed by atoms with Crippen LogP contribution in [0.5, 0.6) is 5.75 Å². The number of halogens is 2. The summed E-state index contributed by atoms with van der Waals surface area (Å²) in [6.07, 6.45) is 1.82. The summed E-state index contributed by atoms with van der Waals surface area (Å²) in [6, 6.07) is 11.8. The number of benzene rings is 2. The summed E-state index contributed by atoms with van der Waals surface area (Å²) in [4.78, 5) is 14.5. The molecular formula is C19H15BrFNO2S2. The highest BCUT2D eigenvalue weighted by Gasteiger charge is 2.30. The summed E-state index contributed by atoms with van der Waals surface area (Å²) < 4.78 is 20.1. The van der Waals surface area contributed by atoms with Gasteiger partial charge in [-0.25, -0.2) is 4.39 Å². The Kier molecular flexibility index (Phi) is 6.11. The molecule has 0 aliphatic carbocycles. The first-order valence-electron chi connectivity index (χ1n) is 7.90. The number of thioether (sulfide) groups is 1. The van der Waals surface area contributed by atoms with E-state index in [1.54, 1.807) is 17.0 Å². The smallest absolute Gasteiger partial charge is 0.266 e. The maximum atomic E-state index is 12.9. The summed E-state index contributed by atoms with van der Waals surface area (Å²) in [5, 5.41) is 0. The number of rotatable bonds is 5. The fraction of sp³-hybridized carbons (Fsp3) is 0.158. The van der Waals surface area contributed by atoms with Crippen molar-refractivity contribution in [1.29, 1.82) is 0 Å². The second-order valence-electron chi connectivity index (χ2n) is 5.53. The van der Waals surface area contributed by atoms with E-state index in [2.05, 4.69) is 15.9 Å². The average molecular weight is 452 g/mol. The lowest BCUT2D eigenvalue weighted by Gasteiger charge is -2.10. The Bertz CT molecular complexity index is 884. The molecule has 0 atom stereocenters. The van der Waals surface area contributed by atoms with Crippen LogP contribution in [0.25, 0.3) is 6.08 Å². The van der Waals surface area contributed by atoms with E-state index >= 15 is 0 Å². The molecule has 0 spiro atoms. The van der Waals surface area contributed by atoms with Crippen molar-refractivity contribution in [3.8, 4) is 5.75 Å². The maximum absolute atomic E-state index is 12.9. The van der Waals surface area contributed by atoms with Gasteiger partial charge < -0.3 is 4.74 Å². The molecule has 0 N–H and O–H groups in total.